The first-order valence-electron chi connectivity index (χ1n) is 5.93. The highest BCUT2D eigenvalue weighted by atomic mass is 35.7. The normalized spacial score (nSPS) is 12.1. The molecular formula is C12H13Cl2N3O2S. The van der Waals surface area contributed by atoms with E-state index in [1.165, 1.54) is 4.68 Å². The lowest BCUT2D eigenvalue weighted by atomic mass is 10.1. The molecule has 0 unspecified atom stereocenters. The van der Waals surface area contributed by atoms with Gasteiger partial charge in [-0.05, 0) is 24.5 Å². The lowest BCUT2D eigenvalue weighted by Crippen LogP contribution is -2.01. The average molecular weight is 334 g/mol. The number of nitrogens with zero attached hydrogens (tertiary/aromatic N) is 3. The third-order valence-corrected chi connectivity index (χ3v) is 4.45. The molecule has 0 N–H and O–H groups in total. The predicted octanol–water partition coefficient (Wildman–Crippen LogP) is 3.05. The van der Waals surface area contributed by atoms with Gasteiger partial charge in [0.1, 0.15) is 4.90 Å². The summed E-state index contributed by atoms with van der Waals surface area (Å²) in [6.45, 7) is 3.92. The van der Waals surface area contributed by atoms with Crippen LogP contribution in [-0.2, 0) is 15.5 Å². The second-order valence-corrected chi connectivity index (χ2v) is 7.58. The fraction of sp³-hybridized carbons (Fsp3) is 0.333. The van der Waals surface area contributed by atoms with Gasteiger partial charge in [0.2, 0.25) is 0 Å². The van der Waals surface area contributed by atoms with E-state index < -0.39 is 9.05 Å². The Hall–Kier alpha value is -1.11. The summed E-state index contributed by atoms with van der Waals surface area (Å²) in [6, 6.07) is 3.37. The topological polar surface area (TPSA) is 64.8 Å². The molecule has 0 atom stereocenters. The van der Waals surface area contributed by atoms with Crippen LogP contribution in [0.25, 0.3) is 5.69 Å². The van der Waals surface area contributed by atoms with Gasteiger partial charge in [-0.25, -0.2) is 13.1 Å². The Balaban J connectivity index is 2.65. The van der Waals surface area contributed by atoms with Crippen LogP contribution >= 0.6 is 22.3 Å². The highest BCUT2D eigenvalue weighted by Gasteiger charge is 2.27. The standard InChI is InChI=1S/C12H13Cl2N3O2S/c1-8(2)7-10-11(20(14,18)19)12(13)17(16-10)9-3-5-15-6-4-9/h3-6,8H,7H2,1-2H3. The van der Waals surface area contributed by atoms with Crippen LogP contribution in [0.3, 0.4) is 0 Å². The Bertz CT molecular complexity index is 712. The summed E-state index contributed by atoms with van der Waals surface area (Å²) in [7, 11) is 1.52. The van der Waals surface area contributed by atoms with E-state index >= 15 is 0 Å². The van der Waals surface area contributed by atoms with Crippen LogP contribution in [0.1, 0.15) is 19.5 Å². The van der Waals surface area contributed by atoms with Gasteiger partial charge in [-0.1, -0.05) is 25.4 Å². The predicted molar refractivity (Wildman–Crippen MR) is 77.9 cm³/mol. The van der Waals surface area contributed by atoms with E-state index in [1.54, 1.807) is 24.5 Å². The lowest BCUT2D eigenvalue weighted by Gasteiger charge is -2.02. The SMILES string of the molecule is CC(C)Cc1nn(-c2ccncc2)c(Cl)c1S(=O)(=O)Cl. The smallest absolute Gasteiger partial charge is 0.265 e. The molecule has 2 aromatic rings. The molecule has 8 heteroatoms. The molecular weight excluding hydrogens is 321 g/mol. The van der Waals surface area contributed by atoms with Crippen LogP contribution in [0.15, 0.2) is 29.4 Å². The molecule has 0 spiro atoms. The summed E-state index contributed by atoms with van der Waals surface area (Å²) < 4.78 is 24.8. The van der Waals surface area contributed by atoms with Gasteiger partial charge < -0.3 is 0 Å². The molecule has 0 bridgehead atoms. The highest BCUT2D eigenvalue weighted by molar-refractivity contribution is 8.13. The van der Waals surface area contributed by atoms with Gasteiger partial charge in [0.25, 0.3) is 9.05 Å². The van der Waals surface area contributed by atoms with Crippen LogP contribution in [0, 0.1) is 5.92 Å². The fourth-order valence-corrected chi connectivity index (χ4v) is 3.69. The zero-order valence-corrected chi connectivity index (χ0v) is 13.2. The van der Waals surface area contributed by atoms with Crippen molar-refractivity contribution in [3.05, 3.63) is 35.4 Å². The molecule has 0 aromatic carbocycles. The maximum atomic E-state index is 11.7. The van der Waals surface area contributed by atoms with E-state index in [4.69, 9.17) is 22.3 Å². The number of halogens is 2. The third-order valence-electron chi connectivity index (χ3n) is 2.61. The largest absolute Gasteiger partial charge is 0.266 e. The van der Waals surface area contributed by atoms with Crippen LogP contribution in [-0.4, -0.2) is 23.2 Å². The maximum absolute atomic E-state index is 11.7. The van der Waals surface area contributed by atoms with Crippen molar-refractivity contribution in [3.63, 3.8) is 0 Å². The fourth-order valence-electron chi connectivity index (χ4n) is 1.84. The molecule has 2 rings (SSSR count). The Morgan fingerprint density at radius 2 is 1.90 bits per heavy atom. The summed E-state index contributed by atoms with van der Waals surface area (Å²) in [5, 5.41) is 4.27. The monoisotopic (exact) mass is 333 g/mol. The van der Waals surface area contributed by atoms with Gasteiger partial charge in [-0.2, -0.15) is 5.10 Å². The molecule has 0 aliphatic rings. The van der Waals surface area contributed by atoms with Crippen molar-refractivity contribution >= 4 is 31.3 Å². The van der Waals surface area contributed by atoms with Crippen molar-refractivity contribution in [2.45, 2.75) is 25.2 Å². The lowest BCUT2D eigenvalue weighted by molar-refractivity contribution is 0.600. The van der Waals surface area contributed by atoms with E-state index in [0.717, 1.165) is 0 Å². The Morgan fingerprint density at radius 3 is 2.40 bits per heavy atom. The molecule has 2 aromatic heterocycles. The Kier molecular flexibility index (Phi) is 4.36. The second-order valence-electron chi connectivity index (χ2n) is 4.72. The first kappa shape index (κ1) is 15.3. The molecule has 2 heterocycles. The van der Waals surface area contributed by atoms with Gasteiger partial charge >= 0.3 is 0 Å². The van der Waals surface area contributed by atoms with Crippen LogP contribution in [0.2, 0.25) is 5.15 Å². The van der Waals surface area contributed by atoms with E-state index in [-0.39, 0.29) is 16.0 Å². The van der Waals surface area contributed by atoms with Gasteiger partial charge in [-0.3, -0.25) is 4.98 Å². The molecule has 0 aliphatic carbocycles. The van der Waals surface area contributed by atoms with Crippen molar-refractivity contribution in [3.8, 4) is 5.69 Å². The van der Waals surface area contributed by atoms with E-state index in [9.17, 15) is 8.42 Å². The summed E-state index contributed by atoms with van der Waals surface area (Å²) in [6.07, 6.45) is 3.62. The minimum atomic E-state index is -3.96. The van der Waals surface area contributed by atoms with Crippen LogP contribution in [0.4, 0.5) is 0 Å². The van der Waals surface area contributed by atoms with Gasteiger partial charge in [-0.15, -0.1) is 0 Å². The molecule has 108 valence electrons. The Labute approximate surface area is 127 Å². The number of hydrogen-bond acceptors (Lipinski definition) is 4. The minimum absolute atomic E-state index is 0.0122. The molecule has 0 saturated heterocycles. The van der Waals surface area contributed by atoms with Crippen molar-refractivity contribution in [2.24, 2.45) is 5.92 Å². The highest BCUT2D eigenvalue weighted by Crippen LogP contribution is 2.31. The van der Waals surface area contributed by atoms with Gasteiger partial charge in [0, 0.05) is 23.1 Å². The van der Waals surface area contributed by atoms with Crippen molar-refractivity contribution < 1.29 is 8.42 Å². The molecule has 0 fully saturated rings. The summed E-state index contributed by atoms with van der Waals surface area (Å²) in [5.41, 5.74) is 0.999. The summed E-state index contributed by atoms with van der Waals surface area (Å²) in [4.78, 5) is 3.78. The molecule has 0 saturated carbocycles. The zero-order chi connectivity index (χ0) is 14.9. The molecule has 0 aliphatic heterocycles. The molecule has 5 nitrogen and oxygen atoms in total. The van der Waals surface area contributed by atoms with Gasteiger partial charge in [0.05, 0.1) is 11.4 Å². The minimum Gasteiger partial charge on any atom is -0.265 e. The number of pyridine rings is 1. The van der Waals surface area contributed by atoms with Crippen molar-refractivity contribution in [1.29, 1.82) is 0 Å². The van der Waals surface area contributed by atoms with E-state index in [2.05, 4.69) is 10.1 Å². The molecule has 20 heavy (non-hydrogen) atoms. The van der Waals surface area contributed by atoms with E-state index in [1.807, 2.05) is 13.8 Å². The third kappa shape index (κ3) is 3.13. The second kappa shape index (κ2) is 5.71. The Morgan fingerprint density at radius 1 is 1.30 bits per heavy atom. The quantitative estimate of drug-likeness (QED) is 0.806. The van der Waals surface area contributed by atoms with Crippen LogP contribution < -0.4 is 0 Å². The molecule has 0 radical (unpaired) electrons. The van der Waals surface area contributed by atoms with Gasteiger partial charge in [0.15, 0.2) is 5.15 Å². The number of rotatable bonds is 4. The van der Waals surface area contributed by atoms with Crippen LogP contribution in [0.5, 0.6) is 0 Å². The summed E-state index contributed by atoms with van der Waals surface area (Å²) >= 11 is 6.15. The zero-order valence-electron chi connectivity index (χ0n) is 10.9. The number of aromatic nitrogens is 3. The number of hydrogen-bond donors (Lipinski definition) is 0. The first-order valence-corrected chi connectivity index (χ1v) is 8.62. The average Bonchev–Trinajstić information content (AvgIpc) is 2.66. The first-order chi connectivity index (χ1) is 9.30. The van der Waals surface area contributed by atoms with E-state index in [0.29, 0.717) is 17.8 Å². The maximum Gasteiger partial charge on any atom is 0.266 e. The molecule has 0 amide bonds. The van der Waals surface area contributed by atoms with Crippen molar-refractivity contribution in [2.75, 3.05) is 0 Å². The van der Waals surface area contributed by atoms with Crippen molar-refractivity contribution in [1.82, 2.24) is 14.8 Å². The summed E-state index contributed by atoms with van der Waals surface area (Å²) in [5.74, 6) is 0.226.